The van der Waals surface area contributed by atoms with E-state index < -0.39 is 0 Å². The molecule has 3 heterocycles. The monoisotopic (exact) mass is 418 g/mol. The van der Waals surface area contributed by atoms with E-state index in [0.717, 1.165) is 30.9 Å². The van der Waals surface area contributed by atoms with Crippen molar-refractivity contribution < 1.29 is 4.79 Å². The van der Waals surface area contributed by atoms with Crippen LogP contribution in [0, 0.1) is 0 Å². The molecule has 0 saturated carbocycles. The van der Waals surface area contributed by atoms with Crippen LogP contribution in [0.3, 0.4) is 0 Å². The number of carbonyl (C=O) groups is 1. The van der Waals surface area contributed by atoms with Crippen LogP contribution >= 0.6 is 0 Å². The van der Waals surface area contributed by atoms with Gasteiger partial charge in [0.15, 0.2) is 0 Å². The summed E-state index contributed by atoms with van der Waals surface area (Å²) >= 11 is 0. The number of nitrogens with one attached hydrogen (secondary N) is 2. The van der Waals surface area contributed by atoms with E-state index in [-0.39, 0.29) is 17.5 Å². The minimum atomic E-state index is -0.223. The average molecular weight is 419 g/mol. The maximum atomic E-state index is 12.9. The molecule has 1 aromatic carbocycles. The standard InChI is InChI=1S/C24H30N6O/c1-24(2)16-21(20-12-7-8-13-25-20)28-22-19(17-27-30(22)24)23(31)26-14-9-15-29(3)18-10-5-4-6-11-18/h4-8,10-13,17,21,28H,9,14-16H2,1-3H3,(H,26,31). The van der Waals surface area contributed by atoms with Crippen LogP contribution in [0.5, 0.6) is 0 Å². The number of rotatable bonds is 7. The Hall–Kier alpha value is -3.35. The van der Waals surface area contributed by atoms with E-state index in [1.165, 1.54) is 5.69 Å². The van der Waals surface area contributed by atoms with Gasteiger partial charge in [-0.15, -0.1) is 0 Å². The Balaban J connectivity index is 1.39. The normalized spacial score (nSPS) is 16.8. The van der Waals surface area contributed by atoms with Crippen molar-refractivity contribution in [2.75, 3.05) is 30.4 Å². The topological polar surface area (TPSA) is 75.1 Å². The summed E-state index contributed by atoms with van der Waals surface area (Å²) in [6.07, 6.45) is 5.16. The highest BCUT2D eigenvalue weighted by molar-refractivity contribution is 5.98. The summed E-state index contributed by atoms with van der Waals surface area (Å²) in [5, 5.41) is 11.1. The van der Waals surface area contributed by atoms with Gasteiger partial charge in [-0.25, -0.2) is 4.68 Å². The molecule has 7 heteroatoms. The SMILES string of the molecule is CN(CCCNC(=O)c1cnn2c1NC(c1ccccn1)CC2(C)C)c1ccccc1. The lowest BCUT2D eigenvalue weighted by Gasteiger charge is -2.37. The third-order valence-electron chi connectivity index (χ3n) is 5.80. The van der Waals surface area contributed by atoms with Gasteiger partial charge in [0, 0.05) is 32.0 Å². The van der Waals surface area contributed by atoms with Gasteiger partial charge >= 0.3 is 0 Å². The summed E-state index contributed by atoms with van der Waals surface area (Å²) in [5.74, 6) is 0.652. The predicted molar refractivity (Wildman–Crippen MR) is 123 cm³/mol. The molecule has 0 fully saturated rings. The second-order valence-electron chi connectivity index (χ2n) is 8.65. The maximum Gasteiger partial charge on any atom is 0.256 e. The summed E-state index contributed by atoms with van der Waals surface area (Å²) < 4.78 is 1.92. The molecule has 31 heavy (non-hydrogen) atoms. The highest BCUT2D eigenvalue weighted by Gasteiger charge is 2.37. The zero-order chi connectivity index (χ0) is 21.8. The number of benzene rings is 1. The number of nitrogens with zero attached hydrogens (tertiary/aromatic N) is 4. The molecule has 0 aliphatic carbocycles. The first-order valence-electron chi connectivity index (χ1n) is 10.8. The van der Waals surface area contributed by atoms with E-state index in [0.29, 0.717) is 12.1 Å². The molecule has 1 aliphatic rings. The molecule has 0 spiro atoms. The van der Waals surface area contributed by atoms with Gasteiger partial charge in [0.25, 0.3) is 5.91 Å². The summed E-state index contributed by atoms with van der Waals surface area (Å²) in [6, 6.07) is 16.2. The fourth-order valence-corrected chi connectivity index (χ4v) is 4.10. The van der Waals surface area contributed by atoms with Crippen molar-refractivity contribution in [2.24, 2.45) is 0 Å². The number of carbonyl (C=O) groups excluding carboxylic acids is 1. The molecule has 2 aromatic heterocycles. The van der Waals surface area contributed by atoms with Gasteiger partial charge < -0.3 is 15.5 Å². The van der Waals surface area contributed by atoms with Crippen molar-refractivity contribution in [3.05, 3.63) is 72.2 Å². The molecule has 7 nitrogen and oxygen atoms in total. The van der Waals surface area contributed by atoms with Crippen molar-refractivity contribution in [3.8, 4) is 0 Å². The molecule has 4 rings (SSSR count). The summed E-state index contributed by atoms with van der Waals surface area (Å²) in [6.45, 7) is 5.75. The number of para-hydroxylation sites is 1. The lowest BCUT2D eigenvalue weighted by atomic mass is 9.91. The van der Waals surface area contributed by atoms with E-state index in [2.05, 4.69) is 58.6 Å². The number of hydrogen-bond donors (Lipinski definition) is 2. The molecule has 0 saturated heterocycles. The lowest BCUT2D eigenvalue weighted by Crippen LogP contribution is -2.39. The highest BCUT2D eigenvalue weighted by atomic mass is 16.1. The second kappa shape index (κ2) is 8.79. The van der Waals surface area contributed by atoms with Crippen LogP contribution < -0.4 is 15.5 Å². The zero-order valence-corrected chi connectivity index (χ0v) is 18.4. The van der Waals surface area contributed by atoms with Gasteiger partial charge in [-0.05, 0) is 51.0 Å². The minimum Gasteiger partial charge on any atom is -0.375 e. The first kappa shape index (κ1) is 20.9. The molecule has 1 aliphatic heterocycles. The van der Waals surface area contributed by atoms with Crippen molar-refractivity contribution >= 4 is 17.4 Å². The van der Waals surface area contributed by atoms with E-state index in [9.17, 15) is 4.79 Å². The highest BCUT2D eigenvalue weighted by Crippen LogP contribution is 2.39. The maximum absolute atomic E-state index is 12.9. The Kier molecular flexibility index (Phi) is 5.93. The molecule has 1 unspecified atom stereocenters. The predicted octanol–water partition coefficient (Wildman–Crippen LogP) is 3.83. The molecular weight excluding hydrogens is 388 g/mol. The van der Waals surface area contributed by atoms with Crippen molar-refractivity contribution in [1.29, 1.82) is 0 Å². The summed E-state index contributed by atoms with van der Waals surface area (Å²) in [7, 11) is 2.06. The largest absolute Gasteiger partial charge is 0.375 e. The average Bonchev–Trinajstić information content (AvgIpc) is 3.22. The van der Waals surface area contributed by atoms with Crippen molar-refractivity contribution in [1.82, 2.24) is 20.1 Å². The number of anilines is 2. The zero-order valence-electron chi connectivity index (χ0n) is 18.4. The third kappa shape index (κ3) is 4.55. The van der Waals surface area contributed by atoms with Crippen molar-refractivity contribution in [2.45, 2.75) is 38.3 Å². The number of hydrogen-bond acceptors (Lipinski definition) is 5. The molecule has 162 valence electrons. The van der Waals surface area contributed by atoms with Gasteiger partial charge in [-0.2, -0.15) is 5.10 Å². The van der Waals surface area contributed by atoms with Crippen LogP contribution in [0.1, 0.15) is 48.8 Å². The number of aromatic nitrogens is 3. The Morgan fingerprint density at radius 3 is 2.74 bits per heavy atom. The van der Waals surface area contributed by atoms with Crippen LogP contribution in [0.25, 0.3) is 0 Å². The molecule has 3 aromatic rings. The Morgan fingerprint density at radius 1 is 1.23 bits per heavy atom. The number of pyridine rings is 1. The fraction of sp³-hybridized carbons (Fsp3) is 0.375. The molecule has 1 atom stereocenters. The van der Waals surface area contributed by atoms with E-state index in [4.69, 9.17) is 0 Å². The number of fused-ring (bicyclic) bond motifs is 1. The van der Waals surface area contributed by atoms with Crippen LogP contribution in [0.4, 0.5) is 11.5 Å². The summed E-state index contributed by atoms with van der Waals surface area (Å²) in [5.41, 5.74) is 2.50. The summed E-state index contributed by atoms with van der Waals surface area (Å²) in [4.78, 5) is 19.6. The first-order valence-corrected chi connectivity index (χ1v) is 10.8. The van der Waals surface area contributed by atoms with E-state index in [1.807, 2.05) is 41.1 Å². The van der Waals surface area contributed by atoms with Gasteiger partial charge in [0.1, 0.15) is 11.4 Å². The molecule has 2 N–H and O–H groups in total. The Bertz CT molecular complexity index is 1020. The minimum absolute atomic E-state index is 0.0338. The second-order valence-corrected chi connectivity index (χ2v) is 8.65. The van der Waals surface area contributed by atoms with Gasteiger partial charge in [0.05, 0.1) is 23.5 Å². The van der Waals surface area contributed by atoms with Crippen LogP contribution in [0.2, 0.25) is 0 Å². The smallest absolute Gasteiger partial charge is 0.256 e. The molecular formula is C24H30N6O. The molecule has 1 amide bonds. The fourth-order valence-electron chi connectivity index (χ4n) is 4.10. The van der Waals surface area contributed by atoms with Gasteiger partial charge in [-0.3, -0.25) is 9.78 Å². The van der Waals surface area contributed by atoms with E-state index >= 15 is 0 Å². The lowest BCUT2D eigenvalue weighted by molar-refractivity contribution is 0.0953. The van der Waals surface area contributed by atoms with Gasteiger partial charge in [-0.1, -0.05) is 24.3 Å². The first-order chi connectivity index (χ1) is 15.0. The third-order valence-corrected chi connectivity index (χ3v) is 5.80. The number of amides is 1. The van der Waals surface area contributed by atoms with Crippen molar-refractivity contribution in [3.63, 3.8) is 0 Å². The van der Waals surface area contributed by atoms with Crippen LogP contribution in [-0.4, -0.2) is 40.8 Å². The van der Waals surface area contributed by atoms with Gasteiger partial charge in [0.2, 0.25) is 0 Å². The Morgan fingerprint density at radius 2 is 2.00 bits per heavy atom. The van der Waals surface area contributed by atoms with Crippen LogP contribution in [0.15, 0.2) is 60.9 Å². The molecule has 0 bridgehead atoms. The van der Waals surface area contributed by atoms with E-state index in [1.54, 1.807) is 12.4 Å². The quantitative estimate of drug-likeness (QED) is 0.571. The molecule has 0 radical (unpaired) electrons. The van der Waals surface area contributed by atoms with Crippen LogP contribution in [-0.2, 0) is 5.54 Å². The Labute approximate surface area is 183 Å².